The van der Waals surface area contributed by atoms with Crippen LogP contribution in [0.25, 0.3) is 0 Å². The van der Waals surface area contributed by atoms with Crippen LogP contribution in [-0.2, 0) is 26.0 Å². The van der Waals surface area contributed by atoms with Crippen LogP contribution in [0.4, 0.5) is 5.69 Å². The number of carbonyl (C=O) groups excluding carboxylic acids is 2. The van der Waals surface area contributed by atoms with Crippen LogP contribution in [0.5, 0.6) is 0 Å². The summed E-state index contributed by atoms with van der Waals surface area (Å²) in [6, 6.07) is 22.6. The Balaban J connectivity index is 2.03. The summed E-state index contributed by atoms with van der Waals surface area (Å²) in [5.41, 5.74) is 3.21. The molecule has 3 rings (SSSR count). The lowest BCUT2D eigenvalue weighted by molar-refractivity contribution is -0.139. The molecule has 1 N–H and O–H groups in total. The van der Waals surface area contributed by atoms with Crippen molar-refractivity contribution in [1.29, 1.82) is 0 Å². The van der Waals surface area contributed by atoms with E-state index in [4.69, 9.17) is 0 Å². The van der Waals surface area contributed by atoms with Crippen LogP contribution in [0.3, 0.4) is 0 Å². The van der Waals surface area contributed by atoms with E-state index in [-0.39, 0.29) is 23.4 Å². The van der Waals surface area contributed by atoms with Gasteiger partial charge in [0.25, 0.3) is 10.0 Å². The number of amides is 2. The largest absolute Gasteiger partial charge is 0.352 e. The Hall–Kier alpha value is -3.65. The van der Waals surface area contributed by atoms with E-state index in [9.17, 15) is 18.0 Å². The maximum atomic E-state index is 14.1. The highest BCUT2D eigenvalue weighted by molar-refractivity contribution is 7.92. The van der Waals surface area contributed by atoms with Gasteiger partial charge in [0, 0.05) is 12.6 Å². The van der Waals surface area contributed by atoms with Gasteiger partial charge in [-0.05, 0) is 81.0 Å². The molecule has 3 aromatic rings. The van der Waals surface area contributed by atoms with E-state index >= 15 is 0 Å². The smallest absolute Gasteiger partial charge is 0.264 e. The molecule has 3 aromatic carbocycles. The maximum absolute atomic E-state index is 14.1. The van der Waals surface area contributed by atoms with Crippen LogP contribution in [0.2, 0.25) is 0 Å². The van der Waals surface area contributed by atoms with Crippen LogP contribution in [-0.4, -0.2) is 50.3 Å². The molecule has 214 valence electrons. The predicted octanol–water partition coefficient (Wildman–Crippen LogP) is 5.26. The quantitative estimate of drug-likeness (QED) is 0.307. The third kappa shape index (κ3) is 7.94. The number of rotatable bonds is 13. The van der Waals surface area contributed by atoms with Crippen LogP contribution >= 0.6 is 0 Å². The fourth-order valence-corrected chi connectivity index (χ4v) is 6.10. The Morgan fingerprint density at radius 2 is 1.43 bits per heavy atom. The molecular formula is C32H41N3O4S. The number of nitrogens with one attached hydrogen (secondary N) is 1. The average Bonchev–Trinajstić information content (AvgIpc) is 2.94. The lowest BCUT2D eigenvalue weighted by Crippen LogP contribution is -2.54. The van der Waals surface area contributed by atoms with E-state index in [0.717, 1.165) is 23.1 Å². The first-order chi connectivity index (χ1) is 19.1. The summed E-state index contributed by atoms with van der Waals surface area (Å²) in [7, 11) is -4.07. The maximum Gasteiger partial charge on any atom is 0.264 e. The predicted molar refractivity (Wildman–Crippen MR) is 161 cm³/mol. The Labute approximate surface area is 239 Å². The minimum Gasteiger partial charge on any atom is -0.352 e. The average molecular weight is 564 g/mol. The Morgan fingerprint density at radius 1 is 0.850 bits per heavy atom. The number of anilines is 1. The monoisotopic (exact) mass is 563 g/mol. The third-order valence-electron chi connectivity index (χ3n) is 6.98. The van der Waals surface area contributed by atoms with Crippen molar-refractivity contribution in [2.75, 3.05) is 17.4 Å². The molecule has 0 aliphatic heterocycles. The number of hydrogen-bond acceptors (Lipinski definition) is 4. The van der Waals surface area contributed by atoms with Crippen molar-refractivity contribution in [3.63, 3.8) is 0 Å². The fraction of sp³-hybridized carbons (Fsp3) is 0.375. The Bertz CT molecular complexity index is 1360. The second-order valence-corrected chi connectivity index (χ2v) is 12.1. The summed E-state index contributed by atoms with van der Waals surface area (Å²) in [6.07, 6.45) is 1.70. The van der Waals surface area contributed by atoms with Crippen LogP contribution < -0.4 is 9.62 Å². The minimum atomic E-state index is -4.07. The van der Waals surface area contributed by atoms with Crippen LogP contribution in [0.1, 0.15) is 50.3 Å². The van der Waals surface area contributed by atoms with Crippen molar-refractivity contribution in [3.8, 4) is 0 Å². The Kier molecular flexibility index (Phi) is 10.9. The van der Waals surface area contributed by atoms with Gasteiger partial charge in [-0.1, -0.05) is 68.4 Å². The highest BCUT2D eigenvalue weighted by Crippen LogP contribution is 2.26. The number of hydrogen-bond donors (Lipinski definition) is 1. The molecule has 2 amide bonds. The van der Waals surface area contributed by atoms with Gasteiger partial charge in [-0.3, -0.25) is 13.9 Å². The molecule has 0 aliphatic rings. The van der Waals surface area contributed by atoms with Crippen LogP contribution in [0, 0.1) is 13.8 Å². The van der Waals surface area contributed by atoms with E-state index in [1.807, 2.05) is 71.0 Å². The van der Waals surface area contributed by atoms with Gasteiger partial charge in [-0.2, -0.15) is 0 Å². The molecule has 0 saturated carbocycles. The number of benzene rings is 3. The zero-order chi connectivity index (χ0) is 29.3. The molecule has 0 heterocycles. The third-order valence-corrected chi connectivity index (χ3v) is 8.76. The summed E-state index contributed by atoms with van der Waals surface area (Å²) in [5.74, 6) is -0.664. The van der Waals surface area contributed by atoms with E-state index < -0.39 is 28.5 Å². The molecule has 0 aromatic heterocycles. The van der Waals surface area contributed by atoms with Gasteiger partial charge in [0.05, 0.1) is 10.6 Å². The van der Waals surface area contributed by atoms with Gasteiger partial charge < -0.3 is 10.2 Å². The molecule has 0 bridgehead atoms. The first-order valence-corrected chi connectivity index (χ1v) is 15.3. The lowest BCUT2D eigenvalue weighted by Gasteiger charge is -2.34. The van der Waals surface area contributed by atoms with Crippen molar-refractivity contribution < 1.29 is 18.0 Å². The van der Waals surface area contributed by atoms with Gasteiger partial charge in [-0.15, -0.1) is 0 Å². The molecule has 0 fully saturated rings. The minimum absolute atomic E-state index is 0.0437. The van der Waals surface area contributed by atoms with E-state index in [0.29, 0.717) is 18.5 Å². The summed E-state index contributed by atoms with van der Waals surface area (Å²) >= 11 is 0. The Morgan fingerprint density at radius 3 is 1.98 bits per heavy atom. The van der Waals surface area contributed by atoms with E-state index in [1.54, 1.807) is 35.2 Å². The van der Waals surface area contributed by atoms with Gasteiger partial charge in [0.15, 0.2) is 0 Å². The highest BCUT2D eigenvalue weighted by atomic mass is 32.2. The molecule has 0 saturated heterocycles. The number of carbonyl (C=O) groups is 2. The van der Waals surface area contributed by atoms with Crippen LogP contribution in [0.15, 0.2) is 83.8 Å². The normalized spacial score (nSPS) is 12.8. The van der Waals surface area contributed by atoms with Gasteiger partial charge in [0.2, 0.25) is 11.8 Å². The first kappa shape index (κ1) is 30.9. The molecule has 0 unspecified atom stereocenters. The molecule has 2 atom stereocenters. The van der Waals surface area contributed by atoms with E-state index in [2.05, 4.69) is 5.32 Å². The van der Waals surface area contributed by atoms with Crippen molar-refractivity contribution >= 4 is 27.5 Å². The molecule has 0 spiro atoms. The highest BCUT2D eigenvalue weighted by Gasteiger charge is 2.33. The number of aryl methyl sites for hydroxylation is 2. The van der Waals surface area contributed by atoms with Gasteiger partial charge in [-0.25, -0.2) is 8.42 Å². The van der Waals surface area contributed by atoms with Crippen molar-refractivity contribution in [3.05, 3.63) is 95.6 Å². The summed E-state index contributed by atoms with van der Waals surface area (Å²) < 4.78 is 29.0. The number of sulfonamides is 1. The van der Waals surface area contributed by atoms with Gasteiger partial charge in [0.1, 0.15) is 12.6 Å². The molecule has 0 radical (unpaired) electrons. The summed E-state index contributed by atoms with van der Waals surface area (Å²) in [5, 5.41) is 3.01. The SMILES string of the molecule is CC[C@@H](C)NC(=O)[C@H](CC)N(CCc1ccccc1)C(=O)CN(c1cc(C)cc(C)c1)S(=O)(=O)c1ccccc1. The fourth-order valence-electron chi connectivity index (χ4n) is 4.68. The molecule has 40 heavy (non-hydrogen) atoms. The molecular weight excluding hydrogens is 522 g/mol. The lowest BCUT2D eigenvalue weighted by atomic mass is 10.1. The van der Waals surface area contributed by atoms with E-state index in [1.165, 1.54) is 16.4 Å². The second kappa shape index (κ2) is 14.1. The number of nitrogens with zero attached hydrogens (tertiary/aromatic N) is 2. The van der Waals surface area contributed by atoms with Crippen molar-refractivity contribution in [2.45, 2.75) is 70.9 Å². The molecule has 8 heteroatoms. The second-order valence-electron chi connectivity index (χ2n) is 10.2. The zero-order valence-electron chi connectivity index (χ0n) is 24.1. The molecule has 7 nitrogen and oxygen atoms in total. The molecule has 0 aliphatic carbocycles. The summed E-state index contributed by atoms with van der Waals surface area (Å²) in [6.45, 7) is 9.42. The first-order valence-electron chi connectivity index (χ1n) is 13.9. The summed E-state index contributed by atoms with van der Waals surface area (Å²) in [4.78, 5) is 29.1. The zero-order valence-corrected chi connectivity index (χ0v) is 24.9. The van der Waals surface area contributed by atoms with Gasteiger partial charge >= 0.3 is 0 Å². The van der Waals surface area contributed by atoms with Crippen molar-refractivity contribution in [1.82, 2.24) is 10.2 Å². The van der Waals surface area contributed by atoms with Crippen molar-refractivity contribution in [2.24, 2.45) is 0 Å². The standard InChI is InChI=1S/C32H41N3O4S/c1-6-26(5)33-32(37)30(7-2)34(19-18-27-14-10-8-11-15-27)31(36)23-35(28-21-24(3)20-25(4)22-28)40(38,39)29-16-12-9-13-17-29/h8-17,20-22,26,30H,6-7,18-19,23H2,1-5H3,(H,33,37)/t26-,30+/m1/s1. The topological polar surface area (TPSA) is 86.8 Å².